The van der Waals surface area contributed by atoms with Crippen LogP contribution in [-0.2, 0) is 16.6 Å². The summed E-state index contributed by atoms with van der Waals surface area (Å²) in [5.74, 6) is 1.24. The molecule has 150 valence electrons. The monoisotopic (exact) mass is 411 g/mol. The van der Waals surface area contributed by atoms with Crippen LogP contribution in [0.3, 0.4) is 0 Å². The number of hydrazone groups is 1. The summed E-state index contributed by atoms with van der Waals surface area (Å²) in [6, 6.07) is 21.4. The Morgan fingerprint density at radius 1 is 1.00 bits per heavy atom. The molecule has 0 radical (unpaired) electrons. The maximum atomic E-state index is 11.3. The first-order valence-corrected chi connectivity index (χ1v) is 10.3. The number of hydrogen-bond acceptors (Lipinski definition) is 6. The van der Waals surface area contributed by atoms with E-state index in [0.717, 1.165) is 11.1 Å². The average molecular weight is 411 g/mol. The van der Waals surface area contributed by atoms with Crippen LogP contribution in [0.2, 0.25) is 0 Å². The fourth-order valence-corrected chi connectivity index (χ4v) is 3.03. The zero-order valence-electron chi connectivity index (χ0n) is 15.8. The Hall–Kier alpha value is -3.36. The van der Waals surface area contributed by atoms with Crippen LogP contribution < -0.4 is 20.0 Å². The molecule has 3 aromatic carbocycles. The van der Waals surface area contributed by atoms with Gasteiger partial charge in [0.15, 0.2) is 11.5 Å². The molecule has 0 saturated heterocycles. The van der Waals surface area contributed by atoms with E-state index in [4.69, 9.17) is 14.6 Å². The highest BCUT2D eigenvalue weighted by Crippen LogP contribution is 2.28. The first-order chi connectivity index (χ1) is 14.0. The zero-order chi connectivity index (χ0) is 20.7. The van der Waals surface area contributed by atoms with Gasteiger partial charge in [0.1, 0.15) is 6.61 Å². The molecule has 0 unspecified atom stereocenters. The van der Waals surface area contributed by atoms with Gasteiger partial charge < -0.3 is 9.47 Å². The molecular formula is C21H21N3O4S. The summed E-state index contributed by atoms with van der Waals surface area (Å²) >= 11 is 0. The second kappa shape index (κ2) is 9.22. The molecule has 0 atom stereocenters. The van der Waals surface area contributed by atoms with Gasteiger partial charge in [0, 0.05) is 0 Å². The van der Waals surface area contributed by atoms with Crippen LogP contribution in [0.25, 0.3) is 0 Å². The Morgan fingerprint density at radius 3 is 2.38 bits per heavy atom. The molecule has 0 bridgehead atoms. The van der Waals surface area contributed by atoms with E-state index in [2.05, 4.69) is 10.5 Å². The highest BCUT2D eigenvalue weighted by Gasteiger charge is 2.07. The molecule has 0 fully saturated rings. The minimum Gasteiger partial charge on any atom is -0.493 e. The van der Waals surface area contributed by atoms with E-state index in [1.807, 2.05) is 48.5 Å². The third-order valence-corrected chi connectivity index (χ3v) is 4.94. The van der Waals surface area contributed by atoms with Crippen molar-refractivity contribution in [1.29, 1.82) is 0 Å². The van der Waals surface area contributed by atoms with Crippen molar-refractivity contribution in [2.75, 3.05) is 12.5 Å². The van der Waals surface area contributed by atoms with Crippen molar-refractivity contribution in [3.63, 3.8) is 0 Å². The molecule has 3 aromatic rings. The van der Waals surface area contributed by atoms with E-state index in [9.17, 15) is 8.42 Å². The van der Waals surface area contributed by atoms with E-state index in [1.54, 1.807) is 25.5 Å². The summed E-state index contributed by atoms with van der Waals surface area (Å²) in [6.07, 6.45) is 1.62. The maximum absolute atomic E-state index is 11.3. The average Bonchev–Trinajstić information content (AvgIpc) is 2.73. The number of benzene rings is 3. The lowest BCUT2D eigenvalue weighted by atomic mass is 10.2. The summed E-state index contributed by atoms with van der Waals surface area (Å²) in [5, 5.41) is 9.23. The minimum atomic E-state index is -3.71. The molecule has 0 saturated carbocycles. The number of nitrogens with one attached hydrogen (secondary N) is 1. The zero-order valence-corrected chi connectivity index (χ0v) is 16.6. The Labute approximate surface area is 169 Å². The minimum absolute atomic E-state index is 0.0443. The van der Waals surface area contributed by atoms with Gasteiger partial charge in [-0.15, -0.1) is 0 Å². The van der Waals surface area contributed by atoms with Crippen LogP contribution in [-0.4, -0.2) is 21.7 Å². The summed E-state index contributed by atoms with van der Waals surface area (Å²) in [7, 11) is -2.13. The maximum Gasteiger partial charge on any atom is 0.238 e. The lowest BCUT2D eigenvalue weighted by Gasteiger charge is -2.11. The second-order valence-electron chi connectivity index (χ2n) is 6.12. The van der Waals surface area contributed by atoms with Gasteiger partial charge in [-0.3, -0.25) is 5.43 Å². The van der Waals surface area contributed by atoms with Gasteiger partial charge in [-0.05, 0) is 53.6 Å². The number of ether oxygens (including phenoxy) is 2. The van der Waals surface area contributed by atoms with Crippen LogP contribution >= 0.6 is 0 Å². The summed E-state index contributed by atoms with van der Waals surface area (Å²) in [5.41, 5.74) is 5.34. The van der Waals surface area contributed by atoms with Crippen LogP contribution in [0.4, 0.5) is 5.69 Å². The number of anilines is 1. The predicted octanol–water partition coefficient (Wildman–Crippen LogP) is 3.37. The lowest BCUT2D eigenvalue weighted by molar-refractivity contribution is 0.284. The fourth-order valence-electron chi connectivity index (χ4n) is 2.52. The number of primary sulfonamides is 1. The topological polar surface area (TPSA) is 103 Å². The molecule has 0 aromatic heterocycles. The lowest BCUT2D eigenvalue weighted by Crippen LogP contribution is -2.11. The summed E-state index contributed by atoms with van der Waals surface area (Å²) in [6.45, 7) is 0.445. The molecule has 0 heterocycles. The Bertz CT molecular complexity index is 1080. The molecule has 29 heavy (non-hydrogen) atoms. The van der Waals surface area contributed by atoms with Crippen LogP contribution in [0.1, 0.15) is 11.1 Å². The van der Waals surface area contributed by atoms with Crippen molar-refractivity contribution < 1.29 is 17.9 Å². The van der Waals surface area contributed by atoms with Crippen molar-refractivity contribution in [3.05, 3.63) is 83.9 Å². The molecule has 3 N–H and O–H groups in total. The van der Waals surface area contributed by atoms with Crippen LogP contribution in [0.5, 0.6) is 11.5 Å². The standard InChI is InChI=1S/C21H21N3O4S/c1-27-21-13-17(7-12-20(21)28-15-16-5-3-2-4-6-16)14-23-24-18-8-10-19(11-9-18)29(22,25)26/h2-14,24H,15H2,1H3,(H2,22,25,26)/b23-14+. The smallest absolute Gasteiger partial charge is 0.238 e. The van der Waals surface area contributed by atoms with Gasteiger partial charge in [0.25, 0.3) is 0 Å². The summed E-state index contributed by atoms with van der Waals surface area (Å²) < 4.78 is 33.8. The molecule has 0 aliphatic heterocycles. The number of sulfonamides is 1. The first-order valence-electron chi connectivity index (χ1n) is 8.72. The molecule has 0 aliphatic carbocycles. The van der Waals surface area contributed by atoms with Gasteiger partial charge >= 0.3 is 0 Å². The molecule has 8 heteroatoms. The summed E-state index contributed by atoms with van der Waals surface area (Å²) in [4.78, 5) is 0.0443. The van der Waals surface area contributed by atoms with Gasteiger partial charge in [0.05, 0.1) is 23.9 Å². The fraction of sp³-hybridized carbons (Fsp3) is 0.0952. The van der Waals surface area contributed by atoms with Crippen molar-refractivity contribution in [2.24, 2.45) is 10.2 Å². The molecule has 0 spiro atoms. The largest absolute Gasteiger partial charge is 0.493 e. The number of rotatable bonds is 8. The van der Waals surface area contributed by atoms with Crippen molar-refractivity contribution >= 4 is 21.9 Å². The number of hydrogen-bond donors (Lipinski definition) is 2. The Balaban J connectivity index is 1.63. The normalized spacial score (nSPS) is 11.4. The highest BCUT2D eigenvalue weighted by atomic mass is 32.2. The van der Waals surface area contributed by atoms with Gasteiger partial charge in [-0.25, -0.2) is 13.6 Å². The Morgan fingerprint density at radius 2 is 1.72 bits per heavy atom. The first kappa shape index (κ1) is 20.4. The van der Waals surface area contributed by atoms with E-state index in [-0.39, 0.29) is 4.90 Å². The molecule has 3 rings (SSSR count). The third kappa shape index (κ3) is 5.81. The van der Waals surface area contributed by atoms with E-state index in [1.165, 1.54) is 12.1 Å². The number of methoxy groups -OCH3 is 1. The molecule has 0 amide bonds. The van der Waals surface area contributed by atoms with Crippen molar-refractivity contribution in [1.82, 2.24) is 0 Å². The van der Waals surface area contributed by atoms with E-state index < -0.39 is 10.0 Å². The van der Waals surface area contributed by atoms with Crippen molar-refractivity contribution in [3.8, 4) is 11.5 Å². The number of nitrogens with two attached hydrogens (primary N) is 1. The molecular weight excluding hydrogens is 390 g/mol. The third-order valence-electron chi connectivity index (χ3n) is 4.01. The predicted molar refractivity (Wildman–Crippen MR) is 113 cm³/mol. The second-order valence-corrected chi connectivity index (χ2v) is 7.69. The van der Waals surface area contributed by atoms with E-state index >= 15 is 0 Å². The van der Waals surface area contributed by atoms with E-state index in [0.29, 0.717) is 23.8 Å². The Kier molecular flexibility index (Phi) is 6.48. The van der Waals surface area contributed by atoms with Crippen molar-refractivity contribution in [2.45, 2.75) is 11.5 Å². The molecule has 7 nitrogen and oxygen atoms in total. The quantitative estimate of drug-likeness (QED) is 0.437. The van der Waals surface area contributed by atoms with Gasteiger partial charge in [-0.2, -0.15) is 5.10 Å². The van der Waals surface area contributed by atoms with Crippen LogP contribution in [0, 0.1) is 0 Å². The van der Waals surface area contributed by atoms with Gasteiger partial charge in [0.2, 0.25) is 10.0 Å². The number of nitrogens with zero attached hydrogens (tertiary/aromatic N) is 1. The molecule has 0 aliphatic rings. The highest BCUT2D eigenvalue weighted by molar-refractivity contribution is 7.89. The van der Waals surface area contributed by atoms with Gasteiger partial charge in [-0.1, -0.05) is 30.3 Å². The SMILES string of the molecule is COc1cc(/C=N/Nc2ccc(S(N)(=O)=O)cc2)ccc1OCc1ccccc1. The van der Waals surface area contributed by atoms with Crippen LogP contribution in [0.15, 0.2) is 82.8 Å².